The second kappa shape index (κ2) is 7.53. The molecule has 26 heavy (non-hydrogen) atoms. The molecule has 2 aromatic rings. The maximum absolute atomic E-state index is 13.2. The lowest BCUT2D eigenvalue weighted by molar-refractivity contribution is -0.137. The number of piperidine rings is 1. The van der Waals surface area contributed by atoms with Gasteiger partial charge < -0.3 is 16.0 Å². The highest BCUT2D eigenvalue weighted by Crippen LogP contribution is 2.34. The lowest BCUT2D eigenvalue weighted by Crippen LogP contribution is -2.39. The fourth-order valence-corrected chi connectivity index (χ4v) is 2.59. The number of hydrogen-bond donors (Lipinski definition) is 3. The molecule has 7 nitrogen and oxygen atoms in total. The van der Waals surface area contributed by atoms with E-state index in [0.717, 1.165) is 25.6 Å². The first-order valence-electron chi connectivity index (χ1n) is 8.00. The van der Waals surface area contributed by atoms with E-state index in [1.807, 2.05) is 6.07 Å². The summed E-state index contributed by atoms with van der Waals surface area (Å²) < 4.78 is 39.7. The third-order valence-corrected chi connectivity index (χ3v) is 3.87. The first-order chi connectivity index (χ1) is 12.5. The van der Waals surface area contributed by atoms with Gasteiger partial charge in [0.2, 0.25) is 5.95 Å². The zero-order valence-electron chi connectivity index (χ0n) is 13.6. The first-order valence-corrected chi connectivity index (χ1v) is 8.00. The summed E-state index contributed by atoms with van der Waals surface area (Å²) in [6.07, 6.45) is -0.773. The van der Waals surface area contributed by atoms with Crippen molar-refractivity contribution in [2.75, 3.05) is 23.7 Å². The van der Waals surface area contributed by atoms with Crippen molar-refractivity contribution < 1.29 is 13.2 Å². The van der Waals surface area contributed by atoms with E-state index in [-0.39, 0.29) is 23.5 Å². The minimum absolute atomic E-state index is 0.00998. The quantitative estimate of drug-likeness (QED) is 0.768. The van der Waals surface area contributed by atoms with Crippen molar-refractivity contribution in [2.45, 2.75) is 25.1 Å². The molecular weight excluding hydrogens is 347 g/mol. The van der Waals surface area contributed by atoms with Gasteiger partial charge in [-0.2, -0.15) is 23.4 Å². The van der Waals surface area contributed by atoms with Crippen LogP contribution in [0.15, 0.2) is 24.5 Å². The Morgan fingerprint density at radius 3 is 2.69 bits per heavy atom. The molecule has 0 aromatic carbocycles. The molecule has 0 spiro atoms. The number of halogens is 3. The molecule has 0 radical (unpaired) electrons. The van der Waals surface area contributed by atoms with Crippen LogP contribution >= 0.6 is 0 Å². The Balaban J connectivity index is 1.84. The predicted octanol–water partition coefficient (Wildman–Crippen LogP) is 2.67. The zero-order chi connectivity index (χ0) is 18.6. The number of hydrogen-bond acceptors (Lipinski definition) is 7. The highest BCUT2D eigenvalue weighted by atomic mass is 19.4. The Hall–Kier alpha value is -2.93. The molecular formula is C16H16F3N7. The molecule has 136 valence electrons. The standard InChI is InChI=1S/C16H16F3N7/c17-16(18,19)13-9-23-15(25-12-4-3-10(6-20)22-8-12)26-14(13)24-11-2-1-5-21-7-11/h3-4,8-9,11,21H,1-2,5,7H2,(H2,23,24,25,26)/t11-/m1/s1. The van der Waals surface area contributed by atoms with E-state index in [1.54, 1.807) is 6.07 Å². The largest absolute Gasteiger partial charge is 0.421 e. The number of rotatable bonds is 4. The second-order valence-corrected chi connectivity index (χ2v) is 5.81. The van der Waals surface area contributed by atoms with E-state index in [0.29, 0.717) is 12.2 Å². The minimum Gasteiger partial charge on any atom is -0.365 e. The third-order valence-electron chi connectivity index (χ3n) is 3.87. The lowest BCUT2D eigenvalue weighted by atomic mass is 10.1. The van der Waals surface area contributed by atoms with E-state index in [9.17, 15) is 13.2 Å². The molecule has 0 aliphatic carbocycles. The molecule has 1 aliphatic heterocycles. The third kappa shape index (κ3) is 4.37. The topological polar surface area (TPSA) is 98.5 Å². The Morgan fingerprint density at radius 1 is 1.23 bits per heavy atom. The summed E-state index contributed by atoms with van der Waals surface area (Å²) in [4.78, 5) is 11.6. The van der Waals surface area contributed by atoms with Gasteiger partial charge in [-0.1, -0.05) is 0 Å². The van der Waals surface area contributed by atoms with Gasteiger partial charge in [0.1, 0.15) is 23.1 Å². The van der Waals surface area contributed by atoms with Gasteiger partial charge in [0.25, 0.3) is 0 Å². The molecule has 2 aromatic heterocycles. The number of aromatic nitrogens is 3. The molecule has 3 heterocycles. The summed E-state index contributed by atoms with van der Waals surface area (Å²) >= 11 is 0. The maximum atomic E-state index is 13.2. The molecule has 0 amide bonds. The molecule has 10 heteroatoms. The summed E-state index contributed by atoms with van der Waals surface area (Å²) in [7, 11) is 0. The molecule has 0 saturated carbocycles. The fourth-order valence-electron chi connectivity index (χ4n) is 2.59. The number of nitriles is 1. The van der Waals surface area contributed by atoms with Crippen molar-refractivity contribution in [3.63, 3.8) is 0 Å². The van der Waals surface area contributed by atoms with Crippen LogP contribution in [0.2, 0.25) is 0 Å². The van der Waals surface area contributed by atoms with Crippen molar-refractivity contribution in [1.82, 2.24) is 20.3 Å². The average molecular weight is 363 g/mol. The molecule has 1 fully saturated rings. The summed E-state index contributed by atoms with van der Waals surface area (Å²) in [6, 6.07) is 4.81. The Morgan fingerprint density at radius 2 is 2.08 bits per heavy atom. The summed E-state index contributed by atoms with van der Waals surface area (Å²) in [5, 5.41) is 17.5. The molecule has 0 unspecified atom stereocenters. The Bertz CT molecular complexity index is 793. The van der Waals surface area contributed by atoms with Gasteiger partial charge in [-0.05, 0) is 31.5 Å². The number of alkyl halides is 3. The van der Waals surface area contributed by atoms with Crippen molar-refractivity contribution in [3.05, 3.63) is 35.8 Å². The van der Waals surface area contributed by atoms with Gasteiger partial charge in [-0.25, -0.2) is 9.97 Å². The molecule has 1 atom stereocenters. The average Bonchev–Trinajstić information content (AvgIpc) is 2.62. The number of anilines is 3. The first kappa shape index (κ1) is 17.9. The Labute approximate surface area is 147 Å². The molecule has 1 aliphatic rings. The van der Waals surface area contributed by atoms with E-state index < -0.39 is 11.7 Å². The van der Waals surface area contributed by atoms with Crippen molar-refractivity contribution in [3.8, 4) is 6.07 Å². The highest BCUT2D eigenvalue weighted by Gasteiger charge is 2.36. The van der Waals surface area contributed by atoms with Gasteiger partial charge in [0.05, 0.1) is 11.9 Å². The minimum atomic E-state index is -4.56. The Kier molecular flexibility index (Phi) is 5.18. The normalized spacial score (nSPS) is 17.4. The summed E-state index contributed by atoms with van der Waals surface area (Å²) in [6.45, 7) is 1.43. The van der Waals surface area contributed by atoms with Crippen LogP contribution in [0.4, 0.5) is 30.6 Å². The predicted molar refractivity (Wildman–Crippen MR) is 88.8 cm³/mol. The molecule has 3 rings (SSSR count). The van der Waals surface area contributed by atoms with Gasteiger partial charge >= 0.3 is 6.18 Å². The monoisotopic (exact) mass is 363 g/mol. The van der Waals surface area contributed by atoms with Crippen LogP contribution in [0.25, 0.3) is 0 Å². The lowest BCUT2D eigenvalue weighted by Gasteiger charge is -2.25. The maximum Gasteiger partial charge on any atom is 0.421 e. The van der Waals surface area contributed by atoms with Crippen LogP contribution in [0.1, 0.15) is 24.1 Å². The van der Waals surface area contributed by atoms with Crippen molar-refractivity contribution in [1.29, 1.82) is 5.26 Å². The number of nitrogens with one attached hydrogen (secondary N) is 3. The van der Waals surface area contributed by atoms with Gasteiger partial charge in [0, 0.05) is 18.8 Å². The van der Waals surface area contributed by atoms with E-state index >= 15 is 0 Å². The van der Waals surface area contributed by atoms with Crippen LogP contribution in [0.3, 0.4) is 0 Å². The number of pyridine rings is 1. The van der Waals surface area contributed by atoms with E-state index in [1.165, 1.54) is 12.3 Å². The van der Waals surface area contributed by atoms with E-state index in [4.69, 9.17) is 5.26 Å². The van der Waals surface area contributed by atoms with Crippen molar-refractivity contribution in [2.24, 2.45) is 0 Å². The van der Waals surface area contributed by atoms with Crippen LogP contribution in [0.5, 0.6) is 0 Å². The molecule has 0 bridgehead atoms. The van der Waals surface area contributed by atoms with Crippen LogP contribution in [-0.4, -0.2) is 34.1 Å². The highest BCUT2D eigenvalue weighted by molar-refractivity contribution is 5.56. The SMILES string of the molecule is N#Cc1ccc(Nc2ncc(C(F)(F)F)c(N[C@@H]3CCCNC3)n2)cn1. The summed E-state index contributed by atoms with van der Waals surface area (Å²) in [5.41, 5.74) is -0.211. The smallest absolute Gasteiger partial charge is 0.365 e. The van der Waals surface area contributed by atoms with E-state index in [2.05, 4.69) is 30.9 Å². The van der Waals surface area contributed by atoms with Gasteiger partial charge in [0.15, 0.2) is 0 Å². The van der Waals surface area contributed by atoms with Crippen molar-refractivity contribution >= 4 is 17.5 Å². The molecule has 3 N–H and O–H groups in total. The van der Waals surface area contributed by atoms with Gasteiger partial charge in [-0.15, -0.1) is 0 Å². The number of nitrogens with zero attached hydrogens (tertiary/aromatic N) is 4. The molecule has 1 saturated heterocycles. The zero-order valence-corrected chi connectivity index (χ0v) is 13.6. The van der Waals surface area contributed by atoms with Crippen LogP contribution in [0, 0.1) is 11.3 Å². The second-order valence-electron chi connectivity index (χ2n) is 5.81. The van der Waals surface area contributed by atoms with Crippen LogP contribution < -0.4 is 16.0 Å². The fraction of sp³-hybridized carbons (Fsp3) is 0.375. The van der Waals surface area contributed by atoms with Gasteiger partial charge in [-0.3, -0.25) is 0 Å². The van der Waals surface area contributed by atoms with Crippen LogP contribution in [-0.2, 0) is 6.18 Å². The summed E-state index contributed by atoms with van der Waals surface area (Å²) in [5.74, 6) is -0.249.